The lowest BCUT2D eigenvalue weighted by Gasteiger charge is -2.13. The fourth-order valence-electron chi connectivity index (χ4n) is 3.64. The van der Waals surface area contributed by atoms with Gasteiger partial charge in [-0.25, -0.2) is 14.5 Å². The van der Waals surface area contributed by atoms with Crippen molar-refractivity contribution < 1.29 is 13.9 Å². The van der Waals surface area contributed by atoms with Gasteiger partial charge in [-0.05, 0) is 37.6 Å². The minimum absolute atomic E-state index is 0.216. The molecule has 0 spiro atoms. The molecular weight excluding hydrogens is 436 g/mol. The predicted octanol–water partition coefficient (Wildman–Crippen LogP) is 3.82. The maximum absolute atomic E-state index is 13.0. The van der Waals surface area contributed by atoms with Gasteiger partial charge in [0.25, 0.3) is 5.91 Å². The molecule has 0 fully saturated rings. The number of amides is 1. The summed E-state index contributed by atoms with van der Waals surface area (Å²) in [5, 5.41) is 8.21. The largest absolute Gasteiger partial charge is 0.497 e. The first-order valence-corrected chi connectivity index (χ1v) is 11.4. The van der Waals surface area contributed by atoms with Crippen LogP contribution < -0.4 is 15.7 Å². The van der Waals surface area contributed by atoms with Crippen LogP contribution >= 0.6 is 23.5 Å². The molecule has 31 heavy (non-hydrogen) atoms. The van der Waals surface area contributed by atoms with Crippen molar-refractivity contribution >= 4 is 40.4 Å². The molecule has 0 aliphatic carbocycles. The maximum Gasteiger partial charge on any atom is 0.348 e. The molecule has 1 unspecified atom stereocenters. The van der Waals surface area contributed by atoms with Crippen LogP contribution in [-0.4, -0.2) is 33.6 Å². The van der Waals surface area contributed by atoms with Gasteiger partial charge in [0.1, 0.15) is 16.4 Å². The van der Waals surface area contributed by atoms with Crippen LogP contribution in [0.1, 0.15) is 22.4 Å². The zero-order valence-corrected chi connectivity index (χ0v) is 18.6. The van der Waals surface area contributed by atoms with Crippen molar-refractivity contribution in [3.63, 3.8) is 0 Å². The van der Waals surface area contributed by atoms with Crippen molar-refractivity contribution in [2.75, 3.05) is 18.2 Å². The van der Waals surface area contributed by atoms with Crippen LogP contribution in [0.3, 0.4) is 0 Å². The van der Waals surface area contributed by atoms with E-state index in [1.807, 2.05) is 48.9 Å². The Kier molecular flexibility index (Phi) is 4.90. The number of aromatic nitrogens is 2. The summed E-state index contributed by atoms with van der Waals surface area (Å²) in [6.45, 7) is 3.91. The van der Waals surface area contributed by atoms with E-state index in [1.54, 1.807) is 7.11 Å². The summed E-state index contributed by atoms with van der Waals surface area (Å²) in [6.07, 6.45) is 0. The van der Waals surface area contributed by atoms with Crippen LogP contribution in [0.25, 0.3) is 11.1 Å². The second kappa shape index (κ2) is 7.61. The molecule has 1 N–H and O–H groups in total. The van der Waals surface area contributed by atoms with Crippen molar-refractivity contribution in [2.45, 2.75) is 24.2 Å². The summed E-state index contributed by atoms with van der Waals surface area (Å²) in [5.74, 6) is 1.05. The van der Waals surface area contributed by atoms with Gasteiger partial charge in [0.2, 0.25) is 5.88 Å². The van der Waals surface area contributed by atoms with Crippen LogP contribution in [0.15, 0.2) is 49.4 Å². The Morgan fingerprint density at radius 3 is 2.58 bits per heavy atom. The molecule has 10 heteroatoms. The first-order chi connectivity index (χ1) is 14.9. The molecule has 0 saturated heterocycles. The first kappa shape index (κ1) is 20.0. The Bertz CT molecular complexity index is 1290. The van der Waals surface area contributed by atoms with E-state index in [4.69, 9.17) is 9.15 Å². The second-order valence-electron chi connectivity index (χ2n) is 7.11. The topological polar surface area (TPSA) is 98.7 Å². The van der Waals surface area contributed by atoms with E-state index < -0.39 is 5.63 Å². The third-order valence-electron chi connectivity index (χ3n) is 4.98. The molecule has 8 nitrogen and oxygen atoms in total. The lowest BCUT2D eigenvalue weighted by Crippen LogP contribution is -2.16. The molecule has 0 saturated carbocycles. The van der Waals surface area contributed by atoms with Crippen molar-refractivity contribution in [2.24, 2.45) is 4.99 Å². The van der Waals surface area contributed by atoms with Gasteiger partial charge < -0.3 is 14.5 Å². The molecule has 5 rings (SSSR count). The number of thioether (sulfide) groups is 2. The van der Waals surface area contributed by atoms with E-state index in [9.17, 15) is 9.59 Å². The maximum atomic E-state index is 13.0. The summed E-state index contributed by atoms with van der Waals surface area (Å²) in [7, 11) is 1.60. The fourth-order valence-corrected chi connectivity index (χ4v) is 5.71. The molecule has 0 radical (unpaired) electrons. The van der Waals surface area contributed by atoms with Gasteiger partial charge in [-0.1, -0.05) is 35.7 Å². The highest BCUT2D eigenvalue weighted by Gasteiger charge is 2.35. The van der Waals surface area contributed by atoms with Gasteiger partial charge in [0.15, 0.2) is 5.50 Å². The van der Waals surface area contributed by atoms with E-state index in [1.165, 1.54) is 23.5 Å². The summed E-state index contributed by atoms with van der Waals surface area (Å²) in [4.78, 5) is 29.7. The predicted molar refractivity (Wildman–Crippen MR) is 121 cm³/mol. The highest BCUT2D eigenvalue weighted by atomic mass is 32.2. The highest BCUT2D eigenvalue weighted by Crippen LogP contribution is 2.50. The minimum Gasteiger partial charge on any atom is -0.497 e. The van der Waals surface area contributed by atoms with Crippen LogP contribution in [0.4, 0.5) is 5.88 Å². The van der Waals surface area contributed by atoms with E-state index in [0.29, 0.717) is 27.8 Å². The Balaban J connectivity index is 1.69. The molecule has 2 aromatic heterocycles. The Hall–Kier alpha value is -2.98. The van der Waals surface area contributed by atoms with E-state index in [2.05, 4.69) is 15.4 Å². The van der Waals surface area contributed by atoms with Gasteiger partial charge in [-0.3, -0.25) is 4.79 Å². The number of benzene rings is 1. The van der Waals surface area contributed by atoms with Crippen molar-refractivity contribution in [1.82, 2.24) is 9.78 Å². The fraction of sp³-hybridized carbons (Fsp3) is 0.238. The van der Waals surface area contributed by atoms with Crippen LogP contribution in [-0.2, 0) is 4.79 Å². The number of nitrogens with zero attached hydrogens (tertiary/aromatic N) is 3. The minimum atomic E-state index is -0.535. The van der Waals surface area contributed by atoms with Crippen LogP contribution in [0, 0.1) is 13.8 Å². The number of aryl methyl sites for hydroxylation is 2. The number of carbonyl (C=O) groups is 1. The summed E-state index contributed by atoms with van der Waals surface area (Å²) in [6, 6.07) is 9.43. The third kappa shape index (κ3) is 3.45. The molecule has 1 amide bonds. The zero-order valence-electron chi connectivity index (χ0n) is 17.0. The number of carbonyl (C=O) groups excluding carboxylic acids is 1. The quantitative estimate of drug-likeness (QED) is 0.635. The molecule has 0 bridgehead atoms. The molecule has 1 atom stereocenters. The number of methoxy groups -OCH3 is 1. The van der Waals surface area contributed by atoms with Crippen LogP contribution in [0.2, 0.25) is 0 Å². The number of nitrogens with one attached hydrogen (secondary N) is 1. The third-order valence-corrected chi connectivity index (χ3v) is 7.11. The van der Waals surface area contributed by atoms with Crippen molar-refractivity contribution in [3.05, 3.63) is 57.7 Å². The number of hydrogen-bond acceptors (Lipinski definition) is 8. The van der Waals surface area contributed by atoms with Gasteiger partial charge in [-0.15, -0.1) is 0 Å². The van der Waals surface area contributed by atoms with E-state index in [0.717, 1.165) is 21.8 Å². The number of rotatable bonds is 4. The zero-order chi connectivity index (χ0) is 21.7. The van der Waals surface area contributed by atoms with Gasteiger partial charge >= 0.3 is 5.63 Å². The molecule has 1 aromatic carbocycles. The standard InChI is InChI=1S/C21H18N4O4S2/c1-10-8-11(2)25(24-10)21-23-18-17(31-21)15(12-4-6-13(28-3)7-5-12)16(20(27)29-18)19-22-14(26)9-30-19/h4-8,21,23H,9H2,1-3H3. The molecule has 4 heterocycles. The average Bonchev–Trinajstić information content (AvgIpc) is 3.45. The highest BCUT2D eigenvalue weighted by molar-refractivity contribution is 8.15. The van der Waals surface area contributed by atoms with E-state index in [-0.39, 0.29) is 17.2 Å². The Labute approximate surface area is 186 Å². The molecular formula is C21H18N4O4S2. The number of ether oxygens (including phenoxy) is 1. The number of fused-ring (bicyclic) bond motifs is 1. The molecule has 2 aliphatic heterocycles. The van der Waals surface area contributed by atoms with Crippen molar-refractivity contribution in [1.29, 1.82) is 0 Å². The Morgan fingerprint density at radius 1 is 1.19 bits per heavy atom. The molecule has 158 valence electrons. The second-order valence-corrected chi connectivity index (χ2v) is 9.17. The first-order valence-electron chi connectivity index (χ1n) is 9.51. The number of hydrogen-bond donors (Lipinski definition) is 1. The lowest BCUT2D eigenvalue weighted by molar-refractivity contribution is -0.115. The van der Waals surface area contributed by atoms with Crippen molar-refractivity contribution in [3.8, 4) is 16.9 Å². The normalized spacial score (nSPS) is 17.5. The lowest BCUT2D eigenvalue weighted by atomic mass is 10.0. The number of aliphatic imine (C=N–C) groups is 1. The SMILES string of the molecule is COc1ccc(-c2c3c(oc(=O)c2C2=NC(=O)CS2)NC(n2nc(C)cc2C)S3)cc1. The smallest absolute Gasteiger partial charge is 0.348 e. The summed E-state index contributed by atoms with van der Waals surface area (Å²) >= 11 is 2.76. The number of anilines is 1. The van der Waals surface area contributed by atoms with Gasteiger partial charge in [-0.2, -0.15) is 5.10 Å². The summed E-state index contributed by atoms with van der Waals surface area (Å²) in [5.41, 5.74) is 2.91. The molecule has 2 aliphatic rings. The summed E-state index contributed by atoms with van der Waals surface area (Å²) < 4.78 is 12.8. The average molecular weight is 455 g/mol. The van der Waals surface area contributed by atoms with E-state index >= 15 is 0 Å². The monoisotopic (exact) mass is 454 g/mol. The van der Waals surface area contributed by atoms with Gasteiger partial charge in [0, 0.05) is 11.3 Å². The van der Waals surface area contributed by atoms with Gasteiger partial charge in [0.05, 0.1) is 23.5 Å². The Morgan fingerprint density at radius 2 is 1.97 bits per heavy atom. The molecule has 3 aromatic rings. The van der Waals surface area contributed by atoms with Crippen LogP contribution in [0.5, 0.6) is 5.75 Å².